The van der Waals surface area contributed by atoms with Gasteiger partial charge in [0.15, 0.2) is 0 Å². The van der Waals surface area contributed by atoms with E-state index in [1.54, 1.807) is 12.4 Å². The monoisotopic (exact) mass is 243 g/mol. The molecule has 4 heteroatoms. The minimum atomic E-state index is 0.595. The number of aromatic nitrogens is 2. The van der Waals surface area contributed by atoms with Crippen molar-refractivity contribution in [3.63, 3.8) is 0 Å². The molecule has 0 radical (unpaired) electrons. The molecule has 0 fully saturated rings. The van der Waals surface area contributed by atoms with Crippen molar-refractivity contribution in [1.82, 2.24) is 9.97 Å². The number of anilines is 1. The van der Waals surface area contributed by atoms with Gasteiger partial charge in [-0.05, 0) is 31.0 Å². The Morgan fingerprint density at radius 3 is 2.67 bits per heavy atom. The van der Waals surface area contributed by atoms with Gasteiger partial charge in [0, 0.05) is 6.42 Å². The highest BCUT2D eigenvalue weighted by Crippen LogP contribution is 2.14. The Morgan fingerprint density at radius 2 is 1.94 bits per heavy atom. The highest BCUT2D eigenvalue weighted by molar-refractivity contribution is 5.31. The van der Waals surface area contributed by atoms with Crippen LogP contribution < -0.4 is 10.5 Å². The van der Waals surface area contributed by atoms with Crippen molar-refractivity contribution in [2.24, 2.45) is 0 Å². The summed E-state index contributed by atoms with van der Waals surface area (Å²) >= 11 is 0. The summed E-state index contributed by atoms with van der Waals surface area (Å²) < 4.78 is 5.47. The lowest BCUT2D eigenvalue weighted by atomic mass is 10.1. The maximum absolute atomic E-state index is 5.55. The van der Waals surface area contributed by atoms with Crippen LogP contribution in [0.15, 0.2) is 36.7 Å². The Morgan fingerprint density at radius 1 is 1.17 bits per heavy atom. The van der Waals surface area contributed by atoms with Gasteiger partial charge in [-0.25, -0.2) is 9.97 Å². The van der Waals surface area contributed by atoms with E-state index in [1.165, 1.54) is 5.56 Å². The lowest BCUT2D eigenvalue weighted by molar-refractivity contribution is 0.340. The predicted octanol–water partition coefficient (Wildman–Crippen LogP) is 2.24. The van der Waals surface area contributed by atoms with Gasteiger partial charge >= 0.3 is 0 Å². The summed E-state index contributed by atoms with van der Waals surface area (Å²) in [7, 11) is 0. The molecule has 0 spiro atoms. The zero-order valence-corrected chi connectivity index (χ0v) is 10.5. The molecule has 0 aliphatic rings. The average Bonchev–Trinajstić information content (AvgIpc) is 2.39. The Balaban J connectivity index is 1.97. The van der Waals surface area contributed by atoms with Gasteiger partial charge in [-0.2, -0.15) is 0 Å². The largest absolute Gasteiger partial charge is 0.494 e. The minimum Gasteiger partial charge on any atom is -0.494 e. The third-order valence-electron chi connectivity index (χ3n) is 2.57. The summed E-state index contributed by atoms with van der Waals surface area (Å²) in [5.41, 5.74) is 7.36. The first-order valence-electron chi connectivity index (χ1n) is 6.06. The number of rotatable bonds is 5. The van der Waals surface area contributed by atoms with E-state index in [-0.39, 0.29) is 0 Å². The number of benzene rings is 1. The Kier molecular flexibility index (Phi) is 4.12. The van der Waals surface area contributed by atoms with Crippen LogP contribution in [0.4, 0.5) is 5.69 Å². The highest BCUT2D eigenvalue weighted by atomic mass is 16.5. The molecule has 2 N–H and O–H groups in total. The van der Waals surface area contributed by atoms with Gasteiger partial charge in [-0.15, -0.1) is 0 Å². The molecule has 1 aromatic carbocycles. The molecule has 0 amide bonds. The Bertz CT molecular complexity index is 497. The van der Waals surface area contributed by atoms with Crippen LogP contribution in [0.5, 0.6) is 5.75 Å². The van der Waals surface area contributed by atoms with Crippen molar-refractivity contribution in [1.29, 1.82) is 0 Å². The molecular formula is C14H17N3O. The second kappa shape index (κ2) is 6.00. The van der Waals surface area contributed by atoms with Crippen molar-refractivity contribution in [2.45, 2.75) is 19.8 Å². The summed E-state index contributed by atoms with van der Waals surface area (Å²) in [5, 5.41) is 0. The molecular weight excluding hydrogens is 226 g/mol. The van der Waals surface area contributed by atoms with Crippen molar-refractivity contribution in [3.05, 3.63) is 48.0 Å². The van der Waals surface area contributed by atoms with Gasteiger partial charge in [-0.1, -0.05) is 12.1 Å². The molecule has 0 saturated heterocycles. The first-order valence-corrected chi connectivity index (χ1v) is 6.06. The first kappa shape index (κ1) is 12.4. The van der Waals surface area contributed by atoms with E-state index < -0.39 is 0 Å². The van der Waals surface area contributed by atoms with Crippen molar-refractivity contribution in [2.75, 3.05) is 12.3 Å². The fourth-order valence-corrected chi connectivity index (χ4v) is 1.71. The van der Waals surface area contributed by atoms with Crippen molar-refractivity contribution in [3.8, 4) is 5.75 Å². The molecule has 2 aromatic rings. The molecule has 0 aliphatic heterocycles. The summed E-state index contributed by atoms with van der Waals surface area (Å²) in [5.74, 6) is 1.72. The summed E-state index contributed by atoms with van der Waals surface area (Å²) in [6, 6.07) is 8.11. The lowest BCUT2D eigenvalue weighted by Crippen LogP contribution is -1.99. The molecule has 1 aromatic heterocycles. The number of aryl methyl sites for hydroxylation is 2. The standard InChI is InChI=1S/C14H17N3O/c1-2-18-13-5-3-4-11(8-13)6-7-14-16-9-12(15)10-17-14/h3-5,8-10H,2,6-7,15H2,1H3. The zero-order chi connectivity index (χ0) is 12.8. The summed E-state index contributed by atoms with van der Waals surface area (Å²) in [4.78, 5) is 8.37. The fraction of sp³-hybridized carbons (Fsp3) is 0.286. The molecule has 2 rings (SSSR count). The topological polar surface area (TPSA) is 61.0 Å². The first-order chi connectivity index (χ1) is 8.78. The summed E-state index contributed by atoms with van der Waals surface area (Å²) in [6.45, 7) is 2.67. The van der Waals surface area contributed by atoms with E-state index in [2.05, 4.69) is 22.1 Å². The minimum absolute atomic E-state index is 0.595. The number of hydrogen-bond donors (Lipinski definition) is 1. The van der Waals surface area contributed by atoms with Gasteiger partial charge in [0.2, 0.25) is 0 Å². The highest BCUT2D eigenvalue weighted by Gasteiger charge is 2.00. The number of nitrogen functional groups attached to an aromatic ring is 1. The van der Waals surface area contributed by atoms with E-state index >= 15 is 0 Å². The molecule has 0 saturated carbocycles. The SMILES string of the molecule is CCOc1cccc(CCc2ncc(N)cn2)c1. The van der Waals surface area contributed by atoms with Gasteiger partial charge in [0.05, 0.1) is 24.7 Å². The quantitative estimate of drug-likeness (QED) is 0.874. The van der Waals surface area contributed by atoms with E-state index in [0.29, 0.717) is 12.3 Å². The van der Waals surface area contributed by atoms with Crippen LogP contribution >= 0.6 is 0 Å². The molecule has 0 aliphatic carbocycles. The van der Waals surface area contributed by atoms with Crippen molar-refractivity contribution >= 4 is 5.69 Å². The average molecular weight is 243 g/mol. The van der Waals surface area contributed by atoms with E-state index in [1.807, 2.05) is 19.1 Å². The van der Waals surface area contributed by atoms with E-state index in [4.69, 9.17) is 10.5 Å². The number of nitrogens with two attached hydrogens (primary N) is 1. The molecule has 0 bridgehead atoms. The molecule has 1 heterocycles. The fourth-order valence-electron chi connectivity index (χ4n) is 1.71. The zero-order valence-electron chi connectivity index (χ0n) is 10.5. The number of ether oxygens (including phenoxy) is 1. The van der Waals surface area contributed by atoms with Crippen LogP contribution in [-0.2, 0) is 12.8 Å². The second-order valence-electron chi connectivity index (χ2n) is 4.01. The van der Waals surface area contributed by atoms with E-state index in [9.17, 15) is 0 Å². The molecule has 4 nitrogen and oxygen atoms in total. The number of nitrogens with zero attached hydrogens (tertiary/aromatic N) is 2. The van der Waals surface area contributed by atoms with Crippen LogP contribution in [0.25, 0.3) is 0 Å². The Hall–Kier alpha value is -2.10. The van der Waals surface area contributed by atoms with Crippen LogP contribution in [0.3, 0.4) is 0 Å². The van der Waals surface area contributed by atoms with Crippen LogP contribution in [-0.4, -0.2) is 16.6 Å². The van der Waals surface area contributed by atoms with Crippen LogP contribution in [0, 0.1) is 0 Å². The normalized spacial score (nSPS) is 10.3. The van der Waals surface area contributed by atoms with E-state index in [0.717, 1.165) is 24.4 Å². The Labute approximate surface area is 107 Å². The van der Waals surface area contributed by atoms with Crippen LogP contribution in [0.1, 0.15) is 18.3 Å². The molecule has 0 unspecified atom stereocenters. The van der Waals surface area contributed by atoms with Gasteiger partial charge in [0.1, 0.15) is 11.6 Å². The van der Waals surface area contributed by atoms with Gasteiger partial charge in [-0.3, -0.25) is 0 Å². The third kappa shape index (κ3) is 3.45. The molecule has 94 valence electrons. The summed E-state index contributed by atoms with van der Waals surface area (Å²) in [6.07, 6.45) is 4.97. The lowest BCUT2D eigenvalue weighted by Gasteiger charge is -2.05. The third-order valence-corrected chi connectivity index (χ3v) is 2.57. The molecule has 0 atom stereocenters. The maximum Gasteiger partial charge on any atom is 0.128 e. The predicted molar refractivity (Wildman–Crippen MR) is 71.5 cm³/mol. The maximum atomic E-state index is 5.55. The smallest absolute Gasteiger partial charge is 0.128 e. The second-order valence-corrected chi connectivity index (χ2v) is 4.01. The molecule has 18 heavy (non-hydrogen) atoms. The van der Waals surface area contributed by atoms with Crippen LogP contribution in [0.2, 0.25) is 0 Å². The van der Waals surface area contributed by atoms with Gasteiger partial charge in [0.25, 0.3) is 0 Å². The van der Waals surface area contributed by atoms with Gasteiger partial charge < -0.3 is 10.5 Å². The van der Waals surface area contributed by atoms with Crippen molar-refractivity contribution < 1.29 is 4.74 Å². The number of hydrogen-bond acceptors (Lipinski definition) is 4.